The number of aromatic nitrogens is 1. The molecule has 5 rings (SSSR count). The van der Waals surface area contributed by atoms with Crippen molar-refractivity contribution in [1.29, 1.82) is 0 Å². The summed E-state index contributed by atoms with van der Waals surface area (Å²) in [5.74, 6) is -0.557. The molecule has 2 aliphatic heterocycles. The molecule has 3 heterocycles. The first-order valence-electron chi connectivity index (χ1n) is 11.6. The quantitative estimate of drug-likeness (QED) is 0.412. The Hall–Kier alpha value is -3.49. The Labute approximate surface area is 218 Å². The van der Waals surface area contributed by atoms with Gasteiger partial charge in [0.2, 0.25) is 5.91 Å². The highest BCUT2D eigenvalue weighted by molar-refractivity contribution is 8.16. The van der Waals surface area contributed by atoms with E-state index in [4.69, 9.17) is 16.3 Å². The van der Waals surface area contributed by atoms with E-state index in [1.807, 2.05) is 52.9 Å². The van der Waals surface area contributed by atoms with Crippen LogP contribution in [0.25, 0.3) is 10.9 Å². The van der Waals surface area contributed by atoms with Crippen molar-refractivity contribution in [1.82, 2.24) is 15.2 Å². The summed E-state index contributed by atoms with van der Waals surface area (Å²) in [5, 5.41) is 7.39. The Kier molecular flexibility index (Phi) is 6.89. The summed E-state index contributed by atoms with van der Waals surface area (Å²) >= 11 is 7.73. The van der Waals surface area contributed by atoms with Crippen molar-refractivity contribution in [2.24, 2.45) is 4.99 Å². The van der Waals surface area contributed by atoms with Crippen LogP contribution in [0.1, 0.15) is 30.5 Å². The Morgan fingerprint density at radius 3 is 2.86 bits per heavy atom. The number of hydrogen-bond donors (Lipinski definition) is 2. The molecule has 2 aliphatic rings. The Morgan fingerprint density at radius 1 is 1.22 bits per heavy atom. The molecule has 0 saturated heterocycles. The topological polar surface area (TPSA) is 86.8 Å². The highest BCUT2D eigenvalue weighted by atomic mass is 35.5. The molecule has 2 N–H and O–H groups in total. The molecule has 1 aromatic heterocycles. The molecule has 9 heteroatoms. The number of carbonyl (C=O) groups is 2. The molecule has 0 saturated carbocycles. The van der Waals surface area contributed by atoms with Crippen molar-refractivity contribution < 1.29 is 14.3 Å². The number of allylic oxidation sites excluding steroid dienone is 1. The maximum atomic E-state index is 12.9. The van der Waals surface area contributed by atoms with Gasteiger partial charge >= 0.3 is 5.97 Å². The smallest absolute Gasteiger partial charge is 0.338 e. The summed E-state index contributed by atoms with van der Waals surface area (Å²) in [5.41, 5.74) is 4.85. The second-order valence-corrected chi connectivity index (χ2v) is 9.85. The number of aromatic amines is 1. The van der Waals surface area contributed by atoms with Crippen molar-refractivity contribution >= 4 is 51.3 Å². The van der Waals surface area contributed by atoms with E-state index in [-0.39, 0.29) is 12.3 Å². The summed E-state index contributed by atoms with van der Waals surface area (Å²) in [6.07, 6.45) is 2.87. The number of nitrogens with zero attached hydrogens (tertiary/aromatic N) is 2. The Balaban J connectivity index is 1.33. The first-order chi connectivity index (χ1) is 17.5. The third kappa shape index (κ3) is 4.66. The maximum Gasteiger partial charge on any atom is 0.338 e. The third-order valence-corrected chi connectivity index (χ3v) is 7.43. The fourth-order valence-corrected chi connectivity index (χ4v) is 5.80. The van der Waals surface area contributed by atoms with Crippen molar-refractivity contribution in [3.63, 3.8) is 0 Å². The Bertz CT molecular complexity index is 1440. The number of nitrogens with one attached hydrogen (secondary N) is 2. The lowest BCUT2D eigenvalue weighted by atomic mass is 9.94. The fourth-order valence-electron chi connectivity index (χ4n) is 4.63. The predicted octanol–water partition coefficient (Wildman–Crippen LogP) is 5.32. The number of amidine groups is 1. The van der Waals surface area contributed by atoms with Gasteiger partial charge in [-0.2, -0.15) is 0 Å². The Morgan fingerprint density at radius 2 is 2.06 bits per heavy atom. The van der Waals surface area contributed by atoms with Crippen LogP contribution in [0.15, 0.2) is 82.1 Å². The number of benzene rings is 2. The standard InChI is InChI=1S/C27H25ClN4O3S/c1-16-24(26(34)35-2)25(17-6-5-7-19(28)12-17)32-20(15-36-27(32)31-16)13-23(33)29-11-10-18-14-30-22-9-4-3-8-21(18)22/h3-9,12,14-15,25,30H,10-11,13H2,1-2H3,(H,29,33)/t25-/m0/s1. The van der Waals surface area contributed by atoms with Gasteiger partial charge in [-0.1, -0.05) is 53.7 Å². The number of ether oxygens (including phenoxy) is 1. The fraction of sp³-hybridized carbons (Fsp3) is 0.222. The number of aliphatic imine (C=N–C) groups is 1. The van der Waals surface area contributed by atoms with Crippen LogP contribution in [0.5, 0.6) is 0 Å². The molecule has 3 aromatic rings. The zero-order valence-electron chi connectivity index (χ0n) is 19.9. The molecule has 0 spiro atoms. The molecule has 0 unspecified atom stereocenters. The molecule has 1 amide bonds. The van der Waals surface area contributed by atoms with Gasteiger partial charge in [0, 0.05) is 34.4 Å². The summed E-state index contributed by atoms with van der Waals surface area (Å²) in [6.45, 7) is 2.32. The molecule has 184 valence electrons. The summed E-state index contributed by atoms with van der Waals surface area (Å²) in [6, 6.07) is 15.0. The minimum absolute atomic E-state index is 0.0984. The summed E-state index contributed by atoms with van der Waals surface area (Å²) in [4.78, 5) is 35.6. The summed E-state index contributed by atoms with van der Waals surface area (Å²) in [7, 11) is 1.35. The predicted molar refractivity (Wildman–Crippen MR) is 143 cm³/mol. The van der Waals surface area contributed by atoms with E-state index in [1.54, 1.807) is 13.0 Å². The normalized spacial score (nSPS) is 17.1. The van der Waals surface area contributed by atoms with Crippen LogP contribution in [-0.2, 0) is 20.7 Å². The van der Waals surface area contributed by atoms with Gasteiger partial charge < -0.3 is 19.9 Å². The number of rotatable bonds is 7. The number of methoxy groups -OCH3 is 1. The van der Waals surface area contributed by atoms with E-state index >= 15 is 0 Å². The van der Waals surface area contributed by atoms with Gasteiger partial charge in [-0.15, -0.1) is 0 Å². The van der Waals surface area contributed by atoms with Gasteiger partial charge in [-0.05, 0) is 48.1 Å². The van der Waals surface area contributed by atoms with Crippen LogP contribution in [-0.4, -0.2) is 40.6 Å². The zero-order valence-corrected chi connectivity index (χ0v) is 21.4. The molecule has 7 nitrogen and oxygen atoms in total. The first kappa shape index (κ1) is 24.2. The number of esters is 1. The molecular formula is C27H25ClN4O3S. The average Bonchev–Trinajstić information content (AvgIpc) is 3.46. The number of para-hydroxylation sites is 1. The van der Waals surface area contributed by atoms with Crippen molar-refractivity contribution in [3.8, 4) is 0 Å². The van der Waals surface area contributed by atoms with Gasteiger partial charge in [0.15, 0.2) is 5.17 Å². The second-order valence-electron chi connectivity index (χ2n) is 8.58. The van der Waals surface area contributed by atoms with Gasteiger partial charge in [0.25, 0.3) is 0 Å². The lowest BCUT2D eigenvalue weighted by Gasteiger charge is -2.36. The van der Waals surface area contributed by atoms with Crippen molar-refractivity contribution in [2.75, 3.05) is 13.7 Å². The SMILES string of the molecule is COC(=O)C1=C(C)N=C2SC=C(CC(=O)NCCc3c[nH]c4ccccc34)N2[C@H]1c1cccc(Cl)c1. The van der Waals surface area contributed by atoms with Gasteiger partial charge in [-0.3, -0.25) is 4.79 Å². The molecule has 0 aliphatic carbocycles. The van der Waals surface area contributed by atoms with E-state index in [1.165, 1.54) is 18.9 Å². The summed E-state index contributed by atoms with van der Waals surface area (Å²) < 4.78 is 5.09. The lowest BCUT2D eigenvalue weighted by molar-refractivity contribution is -0.136. The zero-order chi connectivity index (χ0) is 25.2. The molecule has 2 aromatic carbocycles. The molecule has 1 atom stereocenters. The number of thioether (sulfide) groups is 1. The van der Waals surface area contributed by atoms with E-state index in [2.05, 4.69) is 21.4 Å². The maximum absolute atomic E-state index is 12.9. The number of hydrogen-bond acceptors (Lipinski definition) is 6. The monoisotopic (exact) mass is 520 g/mol. The minimum Gasteiger partial charge on any atom is -0.466 e. The number of H-pyrrole nitrogens is 1. The van der Waals surface area contributed by atoms with Crippen LogP contribution in [0, 0.1) is 0 Å². The lowest BCUT2D eigenvalue weighted by Crippen LogP contribution is -2.38. The molecule has 0 fully saturated rings. The van der Waals surface area contributed by atoms with E-state index in [0.717, 1.165) is 34.1 Å². The first-order valence-corrected chi connectivity index (χ1v) is 12.8. The molecule has 36 heavy (non-hydrogen) atoms. The van der Waals surface area contributed by atoms with E-state index in [0.29, 0.717) is 28.0 Å². The van der Waals surface area contributed by atoms with Crippen LogP contribution in [0.4, 0.5) is 0 Å². The van der Waals surface area contributed by atoms with Crippen molar-refractivity contribution in [3.05, 3.63) is 93.3 Å². The van der Waals surface area contributed by atoms with E-state index < -0.39 is 12.0 Å². The van der Waals surface area contributed by atoms with Crippen LogP contribution in [0.2, 0.25) is 5.02 Å². The molecule has 0 bridgehead atoms. The van der Waals surface area contributed by atoms with Crippen LogP contribution >= 0.6 is 23.4 Å². The number of fused-ring (bicyclic) bond motifs is 2. The third-order valence-electron chi connectivity index (χ3n) is 6.30. The number of amides is 1. The highest BCUT2D eigenvalue weighted by Crippen LogP contribution is 2.45. The van der Waals surface area contributed by atoms with Gasteiger partial charge in [0.1, 0.15) is 0 Å². The largest absolute Gasteiger partial charge is 0.466 e. The van der Waals surface area contributed by atoms with Gasteiger partial charge in [-0.25, -0.2) is 9.79 Å². The molecular weight excluding hydrogens is 496 g/mol. The highest BCUT2D eigenvalue weighted by Gasteiger charge is 2.41. The van der Waals surface area contributed by atoms with Gasteiger partial charge in [0.05, 0.1) is 30.8 Å². The van der Waals surface area contributed by atoms with Crippen LogP contribution in [0.3, 0.4) is 0 Å². The van der Waals surface area contributed by atoms with Crippen LogP contribution < -0.4 is 5.32 Å². The minimum atomic E-state index is -0.496. The van der Waals surface area contributed by atoms with E-state index in [9.17, 15) is 9.59 Å². The molecule has 0 radical (unpaired) electrons. The average molecular weight is 521 g/mol. The number of halogens is 1. The van der Waals surface area contributed by atoms with Crippen molar-refractivity contribution in [2.45, 2.75) is 25.8 Å². The second kappa shape index (κ2) is 10.2. The number of carbonyl (C=O) groups excluding carboxylic acids is 2.